The number of benzene rings is 1. The molecule has 2 aromatic rings. The molecule has 0 saturated carbocycles. The third-order valence-electron chi connectivity index (χ3n) is 2.90. The zero-order chi connectivity index (χ0) is 15.1. The van der Waals surface area contributed by atoms with Crippen LogP contribution in [0.3, 0.4) is 0 Å². The predicted octanol–water partition coefficient (Wildman–Crippen LogP) is 2.92. The van der Waals surface area contributed by atoms with Crippen molar-refractivity contribution in [1.29, 1.82) is 0 Å². The molecule has 1 N–H and O–H groups in total. The van der Waals surface area contributed by atoms with Gasteiger partial charge in [-0.05, 0) is 62.7 Å². The molecule has 1 aromatic heterocycles. The lowest BCUT2D eigenvalue weighted by atomic mass is 10.1. The average molecular weight is 305 g/mol. The van der Waals surface area contributed by atoms with Crippen molar-refractivity contribution in [2.45, 2.75) is 44.3 Å². The minimum absolute atomic E-state index is 0.199. The third kappa shape index (κ3) is 5.47. The van der Waals surface area contributed by atoms with E-state index in [0.717, 1.165) is 36.0 Å². The number of unbranched alkanes of at least 4 members (excludes halogenated alkanes) is 1. The molecule has 0 aliphatic rings. The Morgan fingerprint density at radius 1 is 1.14 bits per heavy atom. The van der Waals surface area contributed by atoms with E-state index in [1.807, 2.05) is 30.3 Å². The van der Waals surface area contributed by atoms with E-state index in [0.29, 0.717) is 0 Å². The first-order valence-corrected chi connectivity index (χ1v) is 8.26. The molecule has 0 unspecified atom stereocenters. The van der Waals surface area contributed by atoms with E-state index < -0.39 is 0 Å². The largest absolute Gasteiger partial charge is 0.312 e. The highest BCUT2D eigenvalue weighted by Crippen LogP contribution is 2.19. The highest BCUT2D eigenvalue weighted by atomic mass is 32.2. The monoisotopic (exact) mass is 305 g/mol. The number of tetrazole rings is 1. The zero-order valence-electron chi connectivity index (χ0n) is 12.9. The SMILES string of the molecule is CC(C)(C)NCCCCSc1nnnn1-c1ccccc1. The van der Waals surface area contributed by atoms with Crippen LogP contribution in [0.2, 0.25) is 0 Å². The Hall–Kier alpha value is -1.40. The lowest BCUT2D eigenvalue weighted by molar-refractivity contribution is 0.421. The molecular formula is C15H23N5S. The topological polar surface area (TPSA) is 55.6 Å². The minimum atomic E-state index is 0.199. The van der Waals surface area contributed by atoms with Crippen LogP contribution in [-0.2, 0) is 0 Å². The zero-order valence-corrected chi connectivity index (χ0v) is 13.7. The highest BCUT2D eigenvalue weighted by molar-refractivity contribution is 7.99. The molecule has 2 rings (SSSR count). The first-order chi connectivity index (χ1) is 10.1. The summed E-state index contributed by atoms with van der Waals surface area (Å²) in [7, 11) is 0. The molecule has 5 nitrogen and oxygen atoms in total. The highest BCUT2D eigenvalue weighted by Gasteiger charge is 2.09. The average Bonchev–Trinajstić information content (AvgIpc) is 2.91. The molecule has 0 radical (unpaired) electrons. The van der Waals surface area contributed by atoms with E-state index in [1.165, 1.54) is 0 Å². The fraction of sp³-hybridized carbons (Fsp3) is 0.533. The van der Waals surface area contributed by atoms with E-state index in [-0.39, 0.29) is 5.54 Å². The number of hydrogen-bond donors (Lipinski definition) is 1. The maximum Gasteiger partial charge on any atom is 0.214 e. The maximum atomic E-state index is 4.10. The Morgan fingerprint density at radius 3 is 2.62 bits per heavy atom. The molecule has 6 heteroatoms. The molecule has 0 fully saturated rings. The summed E-state index contributed by atoms with van der Waals surface area (Å²) in [6.07, 6.45) is 2.31. The second kappa shape index (κ2) is 7.56. The number of nitrogens with zero attached hydrogens (tertiary/aromatic N) is 4. The molecular weight excluding hydrogens is 282 g/mol. The van der Waals surface area contributed by atoms with Gasteiger partial charge >= 0.3 is 0 Å². The molecule has 21 heavy (non-hydrogen) atoms. The summed E-state index contributed by atoms with van der Waals surface area (Å²) in [4.78, 5) is 0. The molecule has 0 atom stereocenters. The predicted molar refractivity (Wildman–Crippen MR) is 86.9 cm³/mol. The van der Waals surface area contributed by atoms with Gasteiger partial charge in [0.2, 0.25) is 5.16 Å². The van der Waals surface area contributed by atoms with Crippen LogP contribution in [0.15, 0.2) is 35.5 Å². The van der Waals surface area contributed by atoms with Crippen molar-refractivity contribution in [3.63, 3.8) is 0 Å². The number of rotatable bonds is 7. The fourth-order valence-corrected chi connectivity index (χ4v) is 2.74. The van der Waals surface area contributed by atoms with E-state index in [1.54, 1.807) is 16.4 Å². The molecule has 0 amide bonds. The Kier molecular flexibility index (Phi) is 5.76. The van der Waals surface area contributed by atoms with Crippen LogP contribution in [0.1, 0.15) is 33.6 Å². The summed E-state index contributed by atoms with van der Waals surface area (Å²) in [5, 5.41) is 16.3. The number of hydrogen-bond acceptors (Lipinski definition) is 5. The van der Waals surface area contributed by atoms with Crippen LogP contribution in [0, 0.1) is 0 Å². The van der Waals surface area contributed by atoms with Crippen molar-refractivity contribution >= 4 is 11.8 Å². The molecule has 0 bridgehead atoms. The van der Waals surface area contributed by atoms with E-state index >= 15 is 0 Å². The number of para-hydroxylation sites is 1. The Morgan fingerprint density at radius 2 is 1.90 bits per heavy atom. The van der Waals surface area contributed by atoms with Gasteiger partial charge < -0.3 is 5.32 Å². The van der Waals surface area contributed by atoms with E-state index in [2.05, 4.69) is 41.6 Å². The molecule has 0 aliphatic heterocycles. The Balaban J connectivity index is 1.76. The van der Waals surface area contributed by atoms with Crippen molar-refractivity contribution in [2.75, 3.05) is 12.3 Å². The van der Waals surface area contributed by atoms with Crippen molar-refractivity contribution in [3.05, 3.63) is 30.3 Å². The van der Waals surface area contributed by atoms with E-state index in [4.69, 9.17) is 0 Å². The smallest absolute Gasteiger partial charge is 0.214 e. The molecule has 0 aliphatic carbocycles. The molecule has 0 spiro atoms. The maximum absolute atomic E-state index is 4.10. The van der Waals surface area contributed by atoms with Crippen molar-refractivity contribution in [2.24, 2.45) is 0 Å². The molecule has 114 valence electrons. The van der Waals surface area contributed by atoms with Crippen molar-refractivity contribution < 1.29 is 0 Å². The van der Waals surface area contributed by atoms with Gasteiger partial charge in [0.05, 0.1) is 5.69 Å². The molecule has 0 saturated heterocycles. The Bertz CT molecular complexity index is 532. The van der Waals surface area contributed by atoms with Crippen LogP contribution in [0.4, 0.5) is 0 Å². The molecule has 1 aromatic carbocycles. The van der Waals surface area contributed by atoms with Gasteiger partial charge in [0.1, 0.15) is 0 Å². The first-order valence-electron chi connectivity index (χ1n) is 7.28. The summed E-state index contributed by atoms with van der Waals surface area (Å²) in [6.45, 7) is 7.62. The lowest BCUT2D eigenvalue weighted by Crippen LogP contribution is -2.36. The fourth-order valence-electron chi connectivity index (χ4n) is 1.85. The number of aromatic nitrogens is 4. The second-order valence-electron chi connectivity index (χ2n) is 5.94. The van der Waals surface area contributed by atoms with Gasteiger partial charge in [0.25, 0.3) is 0 Å². The quantitative estimate of drug-likeness (QED) is 0.629. The van der Waals surface area contributed by atoms with Gasteiger partial charge in [-0.25, -0.2) is 0 Å². The van der Waals surface area contributed by atoms with Gasteiger partial charge in [-0.1, -0.05) is 30.0 Å². The standard InChI is InChI=1S/C15H23N5S/c1-15(2,3)16-11-7-8-12-21-14-17-18-19-20(14)13-9-5-4-6-10-13/h4-6,9-10,16H,7-8,11-12H2,1-3H3. The van der Waals surface area contributed by atoms with Gasteiger partial charge in [-0.2, -0.15) is 4.68 Å². The van der Waals surface area contributed by atoms with Gasteiger partial charge in [0, 0.05) is 11.3 Å². The van der Waals surface area contributed by atoms with Crippen molar-refractivity contribution in [1.82, 2.24) is 25.5 Å². The van der Waals surface area contributed by atoms with Crippen LogP contribution in [0.25, 0.3) is 5.69 Å². The number of nitrogens with one attached hydrogen (secondary N) is 1. The summed E-state index contributed by atoms with van der Waals surface area (Å²) in [5.41, 5.74) is 1.20. The number of thioether (sulfide) groups is 1. The van der Waals surface area contributed by atoms with Crippen LogP contribution >= 0.6 is 11.8 Å². The summed E-state index contributed by atoms with van der Waals surface area (Å²) < 4.78 is 1.79. The summed E-state index contributed by atoms with van der Waals surface area (Å²) in [6, 6.07) is 9.98. The normalized spacial score (nSPS) is 11.8. The summed E-state index contributed by atoms with van der Waals surface area (Å²) >= 11 is 1.71. The minimum Gasteiger partial charge on any atom is -0.312 e. The van der Waals surface area contributed by atoms with Gasteiger partial charge in [0.15, 0.2) is 0 Å². The first kappa shape index (κ1) is 16.0. The van der Waals surface area contributed by atoms with Crippen LogP contribution < -0.4 is 5.32 Å². The van der Waals surface area contributed by atoms with Crippen LogP contribution in [0.5, 0.6) is 0 Å². The third-order valence-corrected chi connectivity index (χ3v) is 3.90. The Labute approximate surface area is 130 Å². The molecule has 1 heterocycles. The van der Waals surface area contributed by atoms with Gasteiger partial charge in [-0.3, -0.25) is 0 Å². The van der Waals surface area contributed by atoms with Crippen molar-refractivity contribution in [3.8, 4) is 5.69 Å². The second-order valence-corrected chi connectivity index (χ2v) is 7.00. The summed E-state index contributed by atoms with van der Waals surface area (Å²) in [5.74, 6) is 1.03. The van der Waals surface area contributed by atoms with E-state index in [9.17, 15) is 0 Å². The lowest BCUT2D eigenvalue weighted by Gasteiger charge is -2.20. The van der Waals surface area contributed by atoms with Crippen LogP contribution in [-0.4, -0.2) is 38.0 Å². The van der Waals surface area contributed by atoms with Gasteiger partial charge in [-0.15, -0.1) is 5.10 Å².